The van der Waals surface area contributed by atoms with Crippen LogP contribution in [0.5, 0.6) is 0 Å². The zero-order chi connectivity index (χ0) is 12.4. The molecule has 0 radical (unpaired) electrons. The highest BCUT2D eigenvalue weighted by atomic mass is 35.5. The molecule has 2 aromatic heterocycles. The smallest absolute Gasteiger partial charge is 0.0818 e. The van der Waals surface area contributed by atoms with Crippen LogP contribution in [0.3, 0.4) is 0 Å². The van der Waals surface area contributed by atoms with E-state index in [1.165, 1.54) is 0 Å². The van der Waals surface area contributed by atoms with Gasteiger partial charge in [0.15, 0.2) is 0 Å². The van der Waals surface area contributed by atoms with E-state index in [1.807, 2.05) is 37.4 Å². The van der Waals surface area contributed by atoms with E-state index in [2.05, 4.69) is 10.4 Å². The summed E-state index contributed by atoms with van der Waals surface area (Å²) in [7, 11) is 0. The lowest BCUT2D eigenvalue weighted by molar-refractivity contribution is 0.644. The van der Waals surface area contributed by atoms with Crippen LogP contribution in [-0.4, -0.2) is 4.98 Å². The molecule has 0 aliphatic carbocycles. The molecule has 2 rings (SSSR count). The van der Waals surface area contributed by atoms with Gasteiger partial charge in [-0.2, -0.15) is 0 Å². The molecule has 2 heterocycles. The lowest BCUT2D eigenvalue weighted by Crippen LogP contribution is -2.28. The van der Waals surface area contributed by atoms with E-state index in [-0.39, 0.29) is 6.04 Å². The Labute approximate surface area is 110 Å². The number of rotatable bonds is 3. The van der Waals surface area contributed by atoms with Crippen LogP contribution in [-0.2, 0) is 0 Å². The topological polar surface area (TPSA) is 50.9 Å². The van der Waals surface area contributed by atoms with Crippen LogP contribution in [0.25, 0.3) is 0 Å². The Morgan fingerprint density at radius 3 is 2.47 bits per heavy atom. The second kappa shape index (κ2) is 5.14. The molecular weight excluding hydrogens is 254 g/mol. The average molecular weight is 268 g/mol. The van der Waals surface area contributed by atoms with Gasteiger partial charge in [0.1, 0.15) is 0 Å². The van der Waals surface area contributed by atoms with Crippen molar-refractivity contribution < 1.29 is 0 Å². The summed E-state index contributed by atoms with van der Waals surface area (Å²) < 4.78 is 0. The summed E-state index contributed by atoms with van der Waals surface area (Å²) in [4.78, 5) is 5.38. The molecule has 2 aromatic rings. The van der Waals surface area contributed by atoms with Crippen LogP contribution in [0.2, 0.25) is 5.02 Å². The Bertz CT molecular complexity index is 504. The first-order valence-corrected chi connectivity index (χ1v) is 6.52. The molecule has 90 valence electrons. The number of aromatic nitrogens is 1. The molecule has 0 fully saturated rings. The number of hydrogen-bond acceptors (Lipinski definition) is 4. The van der Waals surface area contributed by atoms with Crippen molar-refractivity contribution in [2.45, 2.75) is 19.9 Å². The predicted molar refractivity (Wildman–Crippen MR) is 72.2 cm³/mol. The molecule has 0 amide bonds. The summed E-state index contributed by atoms with van der Waals surface area (Å²) in [6.45, 7) is 3.94. The average Bonchev–Trinajstić information content (AvgIpc) is 2.65. The first-order valence-electron chi connectivity index (χ1n) is 5.26. The monoisotopic (exact) mass is 267 g/mol. The first kappa shape index (κ1) is 12.5. The second-order valence-corrected chi connectivity index (χ2v) is 5.27. The number of hydrazine groups is 1. The van der Waals surface area contributed by atoms with Gasteiger partial charge in [0.05, 0.1) is 11.1 Å². The molecule has 0 aliphatic rings. The molecule has 5 heteroatoms. The molecule has 1 atom stereocenters. The molecule has 17 heavy (non-hydrogen) atoms. The highest BCUT2D eigenvalue weighted by Gasteiger charge is 2.17. The summed E-state index contributed by atoms with van der Waals surface area (Å²) >= 11 is 7.74. The van der Waals surface area contributed by atoms with Crippen LogP contribution < -0.4 is 11.3 Å². The van der Waals surface area contributed by atoms with Crippen molar-refractivity contribution in [2.75, 3.05) is 0 Å². The maximum atomic E-state index is 6.14. The Balaban J connectivity index is 2.45. The van der Waals surface area contributed by atoms with Gasteiger partial charge in [0.2, 0.25) is 0 Å². The quantitative estimate of drug-likeness (QED) is 0.664. The van der Waals surface area contributed by atoms with Crippen molar-refractivity contribution in [3.8, 4) is 0 Å². The van der Waals surface area contributed by atoms with Crippen molar-refractivity contribution in [3.05, 3.63) is 50.4 Å². The van der Waals surface area contributed by atoms with Crippen LogP contribution in [0.15, 0.2) is 23.6 Å². The minimum Gasteiger partial charge on any atom is -0.271 e. The fourth-order valence-corrected chi connectivity index (χ4v) is 3.12. The van der Waals surface area contributed by atoms with Gasteiger partial charge >= 0.3 is 0 Å². The zero-order valence-electron chi connectivity index (χ0n) is 9.70. The molecule has 0 bridgehead atoms. The van der Waals surface area contributed by atoms with Gasteiger partial charge in [-0.15, -0.1) is 11.3 Å². The summed E-state index contributed by atoms with van der Waals surface area (Å²) in [5.41, 5.74) is 5.86. The third kappa shape index (κ3) is 2.66. The first-order chi connectivity index (χ1) is 8.11. The van der Waals surface area contributed by atoms with Gasteiger partial charge in [-0.05, 0) is 43.0 Å². The van der Waals surface area contributed by atoms with Gasteiger partial charge in [-0.25, -0.2) is 5.43 Å². The summed E-state index contributed by atoms with van der Waals surface area (Å²) in [5.74, 6) is 5.64. The van der Waals surface area contributed by atoms with Gasteiger partial charge in [-0.1, -0.05) is 11.6 Å². The van der Waals surface area contributed by atoms with E-state index in [0.717, 1.165) is 26.9 Å². The van der Waals surface area contributed by atoms with E-state index in [9.17, 15) is 0 Å². The fraction of sp³-hybridized carbons (Fsp3) is 0.250. The van der Waals surface area contributed by atoms with Crippen LogP contribution in [0, 0.1) is 13.8 Å². The molecule has 0 aliphatic heterocycles. The number of aryl methyl sites for hydroxylation is 2. The molecule has 1 unspecified atom stereocenters. The molecule has 0 aromatic carbocycles. The van der Waals surface area contributed by atoms with Crippen LogP contribution in [0.4, 0.5) is 0 Å². The molecule has 3 N–H and O–H groups in total. The lowest BCUT2D eigenvalue weighted by Gasteiger charge is -2.16. The number of nitrogens with one attached hydrogen (secondary N) is 1. The van der Waals surface area contributed by atoms with Crippen LogP contribution in [0.1, 0.15) is 27.9 Å². The minimum atomic E-state index is -0.0806. The van der Waals surface area contributed by atoms with Gasteiger partial charge in [-0.3, -0.25) is 10.8 Å². The van der Waals surface area contributed by atoms with E-state index >= 15 is 0 Å². The number of pyridine rings is 1. The highest BCUT2D eigenvalue weighted by molar-refractivity contribution is 7.10. The van der Waals surface area contributed by atoms with Gasteiger partial charge in [0, 0.05) is 16.3 Å². The maximum Gasteiger partial charge on any atom is 0.0818 e. The SMILES string of the molecule is Cc1cc(C(NN)c2sccc2Cl)cc(C)n1. The fourth-order valence-electron chi connectivity index (χ4n) is 1.87. The number of hydrogen-bond donors (Lipinski definition) is 2. The van der Waals surface area contributed by atoms with Gasteiger partial charge in [0.25, 0.3) is 0 Å². The molecule has 0 saturated carbocycles. The molecule has 0 saturated heterocycles. The van der Waals surface area contributed by atoms with E-state index in [1.54, 1.807) is 11.3 Å². The maximum absolute atomic E-state index is 6.14. The highest BCUT2D eigenvalue weighted by Crippen LogP contribution is 2.32. The van der Waals surface area contributed by atoms with E-state index in [0.29, 0.717) is 0 Å². The largest absolute Gasteiger partial charge is 0.271 e. The predicted octanol–water partition coefficient (Wildman–Crippen LogP) is 2.97. The summed E-state index contributed by atoms with van der Waals surface area (Å²) in [6.07, 6.45) is 0. The third-order valence-electron chi connectivity index (χ3n) is 2.51. The summed E-state index contributed by atoms with van der Waals surface area (Å²) in [6, 6.07) is 5.84. The third-order valence-corrected chi connectivity index (χ3v) is 3.93. The van der Waals surface area contributed by atoms with Crippen molar-refractivity contribution in [1.82, 2.24) is 10.4 Å². The van der Waals surface area contributed by atoms with Crippen molar-refractivity contribution >= 4 is 22.9 Å². The summed E-state index contributed by atoms with van der Waals surface area (Å²) in [5, 5.41) is 2.70. The number of nitrogens with zero attached hydrogens (tertiary/aromatic N) is 1. The standard InChI is InChI=1S/C12H14ClN3S/c1-7-5-9(6-8(2)15-7)11(16-14)12-10(13)3-4-17-12/h3-6,11,16H,14H2,1-2H3. The normalized spacial score (nSPS) is 12.7. The van der Waals surface area contributed by atoms with Crippen molar-refractivity contribution in [1.29, 1.82) is 0 Å². The molecular formula is C12H14ClN3S. The van der Waals surface area contributed by atoms with Crippen molar-refractivity contribution in [3.63, 3.8) is 0 Å². The zero-order valence-corrected chi connectivity index (χ0v) is 11.3. The van der Waals surface area contributed by atoms with Crippen molar-refractivity contribution in [2.24, 2.45) is 5.84 Å². The molecule has 3 nitrogen and oxygen atoms in total. The Morgan fingerprint density at radius 2 is 2.00 bits per heavy atom. The number of thiophene rings is 1. The number of nitrogens with two attached hydrogens (primary N) is 1. The van der Waals surface area contributed by atoms with E-state index < -0.39 is 0 Å². The van der Waals surface area contributed by atoms with E-state index in [4.69, 9.17) is 17.4 Å². The Kier molecular flexibility index (Phi) is 3.79. The minimum absolute atomic E-state index is 0.0806. The Hall–Kier alpha value is -0.940. The number of halogens is 1. The van der Waals surface area contributed by atoms with Gasteiger partial charge < -0.3 is 0 Å². The lowest BCUT2D eigenvalue weighted by atomic mass is 10.1. The van der Waals surface area contributed by atoms with Crippen LogP contribution >= 0.6 is 22.9 Å². The Morgan fingerprint density at radius 1 is 1.35 bits per heavy atom. The second-order valence-electron chi connectivity index (χ2n) is 3.92. The molecule has 0 spiro atoms.